The fourth-order valence-corrected chi connectivity index (χ4v) is 1.88. The summed E-state index contributed by atoms with van der Waals surface area (Å²) in [4.78, 5) is 11.7. The molecule has 1 aliphatic heterocycles. The van der Waals surface area contributed by atoms with Crippen molar-refractivity contribution in [2.45, 2.75) is 38.8 Å². The molecule has 0 aromatic carbocycles. The third-order valence-electron chi connectivity index (χ3n) is 2.75. The van der Waals surface area contributed by atoms with Crippen molar-refractivity contribution in [1.29, 1.82) is 0 Å². The summed E-state index contributed by atoms with van der Waals surface area (Å²) in [5.41, 5.74) is 0.765. The van der Waals surface area contributed by atoms with Gasteiger partial charge >= 0.3 is 0 Å². The maximum Gasteiger partial charge on any atom is 0.237 e. The average molecular weight is 223 g/mol. The maximum atomic E-state index is 11.7. The van der Waals surface area contributed by atoms with E-state index in [1.54, 1.807) is 0 Å². The van der Waals surface area contributed by atoms with Gasteiger partial charge in [0.25, 0.3) is 0 Å². The monoisotopic (exact) mass is 223 g/mol. The highest BCUT2D eigenvalue weighted by Crippen LogP contribution is 2.07. The molecule has 0 aliphatic carbocycles. The number of hydrogen-bond donors (Lipinski definition) is 2. The van der Waals surface area contributed by atoms with Crippen molar-refractivity contribution in [2.75, 3.05) is 6.54 Å². The van der Waals surface area contributed by atoms with Gasteiger partial charge in [0.15, 0.2) is 0 Å². The smallest absolute Gasteiger partial charge is 0.237 e. The Labute approximate surface area is 94.6 Å². The number of amides is 1. The number of aryl methyl sites for hydroxylation is 1. The standard InChI is InChI=1S/C11H17N3O2/c1-8-6-9(14-16-8)7-13-11(15)10-4-2-3-5-12-10/h6,10,12H,2-5,7H2,1H3,(H,13,15)/t10-/m1/s1. The van der Waals surface area contributed by atoms with Gasteiger partial charge in [-0.15, -0.1) is 0 Å². The molecule has 0 saturated carbocycles. The van der Waals surface area contributed by atoms with Crippen molar-refractivity contribution in [3.05, 3.63) is 17.5 Å². The van der Waals surface area contributed by atoms with Crippen LogP contribution >= 0.6 is 0 Å². The Morgan fingerprint density at radius 3 is 3.19 bits per heavy atom. The molecule has 16 heavy (non-hydrogen) atoms. The predicted molar refractivity (Wildman–Crippen MR) is 58.7 cm³/mol. The molecular formula is C11H17N3O2. The lowest BCUT2D eigenvalue weighted by atomic mass is 10.0. The van der Waals surface area contributed by atoms with Crippen LogP contribution < -0.4 is 10.6 Å². The first-order chi connectivity index (χ1) is 7.75. The van der Waals surface area contributed by atoms with Crippen LogP contribution in [-0.4, -0.2) is 23.7 Å². The van der Waals surface area contributed by atoms with Crippen molar-refractivity contribution in [3.63, 3.8) is 0 Å². The van der Waals surface area contributed by atoms with Crippen LogP contribution in [0.1, 0.15) is 30.7 Å². The molecule has 2 rings (SSSR count). The van der Waals surface area contributed by atoms with Crippen molar-refractivity contribution in [1.82, 2.24) is 15.8 Å². The highest BCUT2D eigenvalue weighted by Gasteiger charge is 2.20. The average Bonchev–Trinajstić information content (AvgIpc) is 2.73. The van der Waals surface area contributed by atoms with Crippen molar-refractivity contribution >= 4 is 5.91 Å². The SMILES string of the molecule is Cc1cc(CNC(=O)[C@H]2CCCCN2)no1. The molecule has 0 unspecified atom stereocenters. The minimum atomic E-state index is -0.0400. The van der Waals surface area contributed by atoms with E-state index >= 15 is 0 Å². The van der Waals surface area contributed by atoms with E-state index in [9.17, 15) is 4.79 Å². The number of piperidine rings is 1. The van der Waals surface area contributed by atoms with Crippen LogP contribution in [-0.2, 0) is 11.3 Å². The zero-order valence-corrected chi connectivity index (χ0v) is 9.45. The minimum Gasteiger partial charge on any atom is -0.361 e. The predicted octanol–water partition coefficient (Wildman–Crippen LogP) is 0.741. The molecule has 2 N–H and O–H groups in total. The van der Waals surface area contributed by atoms with Gasteiger partial charge in [0, 0.05) is 6.07 Å². The van der Waals surface area contributed by atoms with Crippen LogP contribution in [0.3, 0.4) is 0 Å². The number of carbonyl (C=O) groups excluding carboxylic acids is 1. The topological polar surface area (TPSA) is 67.2 Å². The molecule has 1 aliphatic rings. The van der Waals surface area contributed by atoms with E-state index in [-0.39, 0.29) is 11.9 Å². The minimum absolute atomic E-state index is 0.0400. The van der Waals surface area contributed by atoms with E-state index in [2.05, 4.69) is 15.8 Å². The van der Waals surface area contributed by atoms with E-state index in [1.165, 1.54) is 0 Å². The van der Waals surface area contributed by atoms with E-state index in [0.29, 0.717) is 6.54 Å². The second-order valence-corrected chi connectivity index (χ2v) is 4.15. The van der Waals surface area contributed by atoms with Gasteiger partial charge in [-0.2, -0.15) is 0 Å². The van der Waals surface area contributed by atoms with E-state index in [0.717, 1.165) is 37.3 Å². The Kier molecular flexibility index (Phi) is 3.56. The van der Waals surface area contributed by atoms with Crippen LogP contribution in [0.2, 0.25) is 0 Å². The summed E-state index contributed by atoms with van der Waals surface area (Å²) in [6, 6.07) is 1.79. The third kappa shape index (κ3) is 2.82. The largest absolute Gasteiger partial charge is 0.361 e. The summed E-state index contributed by atoms with van der Waals surface area (Å²) in [5, 5.41) is 9.89. The third-order valence-corrected chi connectivity index (χ3v) is 2.75. The Hall–Kier alpha value is -1.36. The molecule has 0 spiro atoms. The van der Waals surface area contributed by atoms with Gasteiger partial charge in [0.05, 0.1) is 12.6 Å². The summed E-state index contributed by atoms with van der Waals surface area (Å²) < 4.78 is 4.93. The number of nitrogens with one attached hydrogen (secondary N) is 2. The fourth-order valence-electron chi connectivity index (χ4n) is 1.88. The van der Waals surface area contributed by atoms with E-state index in [1.807, 2.05) is 13.0 Å². The summed E-state index contributed by atoms with van der Waals surface area (Å²) >= 11 is 0. The van der Waals surface area contributed by atoms with Gasteiger partial charge in [0.1, 0.15) is 11.5 Å². The number of hydrogen-bond acceptors (Lipinski definition) is 4. The van der Waals surface area contributed by atoms with Crippen LogP contribution in [0.15, 0.2) is 10.6 Å². The van der Waals surface area contributed by atoms with Gasteiger partial charge in [-0.05, 0) is 26.3 Å². The van der Waals surface area contributed by atoms with Gasteiger partial charge < -0.3 is 15.2 Å². The van der Waals surface area contributed by atoms with Crippen LogP contribution in [0.25, 0.3) is 0 Å². The maximum absolute atomic E-state index is 11.7. The second kappa shape index (κ2) is 5.12. The van der Waals surface area contributed by atoms with Gasteiger partial charge in [0.2, 0.25) is 5.91 Å². The molecule has 88 valence electrons. The molecular weight excluding hydrogens is 206 g/mol. The molecule has 1 fully saturated rings. The number of nitrogens with zero attached hydrogens (tertiary/aromatic N) is 1. The molecule has 1 atom stereocenters. The normalized spacial score (nSPS) is 20.7. The lowest BCUT2D eigenvalue weighted by Crippen LogP contribution is -2.46. The number of rotatable bonds is 3. The Morgan fingerprint density at radius 2 is 2.56 bits per heavy atom. The van der Waals surface area contributed by atoms with Gasteiger partial charge in [-0.3, -0.25) is 4.79 Å². The molecule has 1 saturated heterocycles. The zero-order chi connectivity index (χ0) is 11.4. The number of aromatic nitrogens is 1. The molecule has 1 aromatic heterocycles. The Balaban J connectivity index is 1.78. The summed E-state index contributed by atoms with van der Waals surface area (Å²) in [7, 11) is 0. The van der Waals surface area contributed by atoms with Crippen molar-refractivity contribution in [3.8, 4) is 0 Å². The van der Waals surface area contributed by atoms with Gasteiger partial charge in [-0.25, -0.2) is 0 Å². The quantitative estimate of drug-likeness (QED) is 0.793. The Morgan fingerprint density at radius 1 is 1.69 bits per heavy atom. The Bertz CT molecular complexity index is 356. The summed E-state index contributed by atoms with van der Waals surface area (Å²) in [5.74, 6) is 0.820. The zero-order valence-electron chi connectivity index (χ0n) is 9.45. The molecule has 2 heterocycles. The van der Waals surface area contributed by atoms with Crippen LogP contribution in [0.5, 0.6) is 0 Å². The molecule has 0 bridgehead atoms. The first kappa shape index (κ1) is 11.1. The highest BCUT2D eigenvalue weighted by atomic mass is 16.5. The summed E-state index contributed by atoms with van der Waals surface area (Å²) in [6.07, 6.45) is 3.20. The van der Waals surface area contributed by atoms with Crippen molar-refractivity contribution < 1.29 is 9.32 Å². The van der Waals surface area contributed by atoms with E-state index in [4.69, 9.17) is 4.52 Å². The first-order valence-corrected chi connectivity index (χ1v) is 5.69. The van der Waals surface area contributed by atoms with Crippen LogP contribution in [0, 0.1) is 6.92 Å². The molecule has 5 heteroatoms. The molecule has 1 aromatic rings. The second-order valence-electron chi connectivity index (χ2n) is 4.15. The lowest BCUT2D eigenvalue weighted by Gasteiger charge is -2.22. The lowest BCUT2D eigenvalue weighted by molar-refractivity contribution is -0.123. The highest BCUT2D eigenvalue weighted by molar-refractivity contribution is 5.81. The fraction of sp³-hybridized carbons (Fsp3) is 0.636. The molecule has 0 radical (unpaired) electrons. The number of carbonyl (C=O) groups is 1. The molecule has 5 nitrogen and oxygen atoms in total. The van der Waals surface area contributed by atoms with Crippen LogP contribution in [0.4, 0.5) is 0 Å². The summed E-state index contributed by atoms with van der Waals surface area (Å²) in [6.45, 7) is 3.20. The van der Waals surface area contributed by atoms with Crippen molar-refractivity contribution in [2.24, 2.45) is 0 Å². The van der Waals surface area contributed by atoms with E-state index < -0.39 is 0 Å². The molecule has 1 amide bonds. The van der Waals surface area contributed by atoms with Gasteiger partial charge in [-0.1, -0.05) is 11.6 Å². The first-order valence-electron chi connectivity index (χ1n) is 5.69.